The van der Waals surface area contributed by atoms with Gasteiger partial charge < -0.3 is 10.2 Å². The van der Waals surface area contributed by atoms with Crippen LogP contribution in [0.1, 0.15) is 31.7 Å². The van der Waals surface area contributed by atoms with Gasteiger partial charge in [-0.1, -0.05) is 24.6 Å². The Morgan fingerprint density at radius 3 is 2.80 bits per heavy atom. The second-order valence-corrected chi connectivity index (χ2v) is 6.21. The highest BCUT2D eigenvalue weighted by atomic mass is 32.2. The SMILES string of the molecule is O=C(CSc1nnnn1C1CCCC1)N1CCNCC1. The zero-order valence-corrected chi connectivity index (χ0v) is 12.3. The van der Waals surface area contributed by atoms with Crippen molar-refractivity contribution in [1.82, 2.24) is 30.4 Å². The van der Waals surface area contributed by atoms with E-state index in [-0.39, 0.29) is 5.91 Å². The number of tetrazole rings is 1. The summed E-state index contributed by atoms with van der Waals surface area (Å²) in [5, 5.41) is 15.9. The van der Waals surface area contributed by atoms with E-state index in [4.69, 9.17) is 0 Å². The van der Waals surface area contributed by atoms with Gasteiger partial charge in [-0.25, -0.2) is 4.68 Å². The molecular weight excluding hydrogens is 276 g/mol. The molecule has 1 N–H and O–H groups in total. The number of rotatable bonds is 4. The zero-order chi connectivity index (χ0) is 13.8. The molecule has 3 rings (SSSR count). The maximum Gasteiger partial charge on any atom is 0.233 e. The number of carbonyl (C=O) groups excluding carboxylic acids is 1. The van der Waals surface area contributed by atoms with Gasteiger partial charge in [-0.15, -0.1) is 5.10 Å². The largest absolute Gasteiger partial charge is 0.339 e. The molecule has 0 spiro atoms. The molecule has 2 heterocycles. The molecule has 20 heavy (non-hydrogen) atoms. The molecule has 0 atom stereocenters. The van der Waals surface area contributed by atoms with Crippen molar-refractivity contribution in [2.24, 2.45) is 0 Å². The van der Waals surface area contributed by atoms with Crippen LogP contribution in [0.25, 0.3) is 0 Å². The van der Waals surface area contributed by atoms with E-state index in [0.717, 1.165) is 44.2 Å². The molecule has 0 aromatic carbocycles. The third kappa shape index (κ3) is 3.12. The first-order valence-electron chi connectivity index (χ1n) is 7.24. The van der Waals surface area contributed by atoms with Crippen LogP contribution in [0.5, 0.6) is 0 Å². The first-order valence-corrected chi connectivity index (χ1v) is 8.22. The lowest BCUT2D eigenvalue weighted by Crippen LogP contribution is -2.47. The van der Waals surface area contributed by atoms with Crippen LogP contribution in [0.2, 0.25) is 0 Å². The van der Waals surface area contributed by atoms with Crippen molar-refractivity contribution in [3.05, 3.63) is 0 Å². The normalized spacial score (nSPS) is 20.5. The van der Waals surface area contributed by atoms with Crippen LogP contribution in [0.3, 0.4) is 0 Å². The molecule has 1 saturated carbocycles. The lowest BCUT2D eigenvalue weighted by Gasteiger charge is -2.27. The lowest BCUT2D eigenvalue weighted by molar-refractivity contribution is -0.128. The fourth-order valence-electron chi connectivity index (χ4n) is 2.79. The molecule has 8 heteroatoms. The summed E-state index contributed by atoms with van der Waals surface area (Å²) in [4.78, 5) is 14.0. The minimum Gasteiger partial charge on any atom is -0.339 e. The van der Waals surface area contributed by atoms with Gasteiger partial charge in [-0.05, 0) is 23.3 Å². The van der Waals surface area contributed by atoms with Gasteiger partial charge in [-0.2, -0.15) is 0 Å². The van der Waals surface area contributed by atoms with Crippen molar-refractivity contribution in [2.75, 3.05) is 31.9 Å². The minimum atomic E-state index is 0.178. The highest BCUT2D eigenvalue weighted by Crippen LogP contribution is 2.31. The third-order valence-electron chi connectivity index (χ3n) is 3.93. The Hall–Kier alpha value is -1.15. The van der Waals surface area contributed by atoms with Gasteiger partial charge in [0.1, 0.15) is 0 Å². The molecule has 2 fully saturated rings. The van der Waals surface area contributed by atoms with Crippen LogP contribution >= 0.6 is 11.8 Å². The maximum absolute atomic E-state index is 12.1. The van der Waals surface area contributed by atoms with E-state index in [0.29, 0.717) is 11.8 Å². The molecule has 1 aliphatic carbocycles. The number of nitrogens with zero attached hydrogens (tertiary/aromatic N) is 5. The van der Waals surface area contributed by atoms with Gasteiger partial charge in [0.15, 0.2) is 0 Å². The number of hydrogen-bond acceptors (Lipinski definition) is 6. The Kier molecular flexibility index (Phi) is 4.51. The number of aromatic nitrogens is 4. The molecule has 7 nitrogen and oxygen atoms in total. The lowest BCUT2D eigenvalue weighted by atomic mass is 10.3. The molecular formula is C12H20N6OS. The smallest absolute Gasteiger partial charge is 0.233 e. The van der Waals surface area contributed by atoms with Crippen molar-refractivity contribution in [3.8, 4) is 0 Å². The molecule has 1 amide bonds. The number of hydrogen-bond donors (Lipinski definition) is 1. The average molecular weight is 296 g/mol. The fourth-order valence-corrected chi connectivity index (χ4v) is 3.64. The van der Waals surface area contributed by atoms with Crippen LogP contribution in [0, 0.1) is 0 Å². The molecule has 1 aromatic heterocycles. The molecule has 0 unspecified atom stereocenters. The number of nitrogens with one attached hydrogen (secondary N) is 1. The van der Waals surface area contributed by atoms with E-state index < -0.39 is 0 Å². The second-order valence-electron chi connectivity index (χ2n) is 5.26. The quantitative estimate of drug-likeness (QED) is 0.806. The van der Waals surface area contributed by atoms with Crippen LogP contribution in [0.15, 0.2) is 5.16 Å². The Labute approximate surface area is 122 Å². The first-order chi connectivity index (χ1) is 9.84. The van der Waals surface area contributed by atoms with Gasteiger partial charge in [-0.3, -0.25) is 4.79 Å². The molecule has 0 bridgehead atoms. The van der Waals surface area contributed by atoms with Crippen LogP contribution in [-0.4, -0.2) is 62.9 Å². The monoisotopic (exact) mass is 296 g/mol. The maximum atomic E-state index is 12.1. The summed E-state index contributed by atoms with van der Waals surface area (Å²) in [7, 11) is 0. The van der Waals surface area contributed by atoms with E-state index in [1.54, 1.807) is 0 Å². The van der Waals surface area contributed by atoms with Gasteiger partial charge in [0.05, 0.1) is 11.8 Å². The van der Waals surface area contributed by atoms with Gasteiger partial charge >= 0.3 is 0 Å². The summed E-state index contributed by atoms with van der Waals surface area (Å²) in [6.45, 7) is 3.37. The van der Waals surface area contributed by atoms with Crippen LogP contribution in [-0.2, 0) is 4.79 Å². The number of piperazine rings is 1. The first kappa shape index (κ1) is 13.8. The summed E-state index contributed by atoms with van der Waals surface area (Å²) >= 11 is 1.46. The highest BCUT2D eigenvalue weighted by molar-refractivity contribution is 7.99. The van der Waals surface area contributed by atoms with E-state index in [1.807, 2.05) is 9.58 Å². The molecule has 1 saturated heterocycles. The summed E-state index contributed by atoms with van der Waals surface area (Å²) in [6.07, 6.45) is 4.78. The Balaban J connectivity index is 1.55. The molecule has 1 aliphatic heterocycles. The molecule has 0 radical (unpaired) electrons. The number of thioether (sulfide) groups is 1. The van der Waals surface area contributed by atoms with Crippen molar-refractivity contribution in [1.29, 1.82) is 0 Å². The second kappa shape index (κ2) is 6.53. The van der Waals surface area contributed by atoms with Crippen molar-refractivity contribution in [2.45, 2.75) is 36.9 Å². The standard InChI is InChI=1S/C12H20N6OS/c19-11(17-7-5-13-6-8-17)9-20-12-14-15-16-18(12)10-3-1-2-4-10/h10,13H,1-9H2. The zero-order valence-electron chi connectivity index (χ0n) is 11.5. The fraction of sp³-hybridized carbons (Fsp3) is 0.833. The number of carbonyl (C=O) groups is 1. The summed E-state index contributed by atoms with van der Waals surface area (Å²) in [6, 6.07) is 0.418. The van der Waals surface area contributed by atoms with E-state index >= 15 is 0 Å². The third-order valence-corrected chi connectivity index (χ3v) is 4.85. The van der Waals surface area contributed by atoms with Crippen LogP contribution < -0.4 is 5.32 Å². The number of amides is 1. The minimum absolute atomic E-state index is 0.178. The van der Waals surface area contributed by atoms with Crippen molar-refractivity contribution >= 4 is 17.7 Å². The Bertz CT molecular complexity index is 453. The predicted molar refractivity (Wildman–Crippen MR) is 75.5 cm³/mol. The Morgan fingerprint density at radius 2 is 2.05 bits per heavy atom. The van der Waals surface area contributed by atoms with E-state index in [1.165, 1.54) is 24.6 Å². The molecule has 110 valence electrons. The average Bonchev–Trinajstić information content (AvgIpc) is 3.16. The molecule has 2 aliphatic rings. The van der Waals surface area contributed by atoms with E-state index in [2.05, 4.69) is 20.8 Å². The van der Waals surface area contributed by atoms with Crippen molar-refractivity contribution < 1.29 is 4.79 Å². The highest BCUT2D eigenvalue weighted by Gasteiger charge is 2.23. The summed E-state index contributed by atoms with van der Waals surface area (Å²) in [5.41, 5.74) is 0. The topological polar surface area (TPSA) is 75.9 Å². The summed E-state index contributed by atoms with van der Waals surface area (Å²) in [5.74, 6) is 0.602. The van der Waals surface area contributed by atoms with Gasteiger partial charge in [0, 0.05) is 26.2 Å². The Morgan fingerprint density at radius 1 is 1.30 bits per heavy atom. The van der Waals surface area contributed by atoms with Crippen molar-refractivity contribution in [3.63, 3.8) is 0 Å². The van der Waals surface area contributed by atoms with Crippen LogP contribution in [0.4, 0.5) is 0 Å². The summed E-state index contributed by atoms with van der Waals surface area (Å²) < 4.78 is 1.91. The molecule has 1 aromatic rings. The van der Waals surface area contributed by atoms with Gasteiger partial charge in [0.2, 0.25) is 11.1 Å². The predicted octanol–water partition coefficient (Wildman–Crippen LogP) is 0.312. The van der Waals surface area contributed by atoms with E-state index in [9.17, 15) is 4.79 Å². The van der Waals surface area contributed by atoms with Gasteiger partial charge in [0.25, 0.3) is 0 Å².